The molecular formula is C24H26N6O. The first-order valence-corrected chi connectivity index (χ1v) is 10.2. The molecule has 0 radical (unpaired) electrons. The molecule has 0 spiro atoms. The van der Waals surface area contributed by atoms with Gasteiger partial charge in [-0.25, -0.2) is 4.98 Å². The predicted molar refractivity (Wildman–Crippen MR) is 127 cm³/mol. The maximum absolute atomic E-state index is 5.52. The van der Waals surface area contributed by atoms with E-state index in [1.165, 1.54) is 0 Å². The minimum absolute atomic E-state index is 0.642. The van der Waals surface area contributed by atoms with Gasteiger partial charge in [0.2, 0.25) is 0 Å². The number of hydrogen-bond donors (Lipinski definition) is 1. The van der Waals surface area contributed by atoms with E-state index in [1.54, 1.807) is 12.3 Å². The molecule has 1 aliphatic rings. The molecule has 0 aliphatic carbocycles. The van der Waals surface area contributed by atoms with Gasteiger partial charge in [-0.2, -0.15) is 14.7 Å². The Bertz CT molecular complexity index is 1140. The van der Waals surface area contributed by atoms with Crippen LogP contribution in [0.15, 0.2) is 84.0 Å². The molecule has 1 aliphatic heterocycles. The SMILES string of the molecule is C=CC(/C=N/Nc1cc(N2CCOCC2)n2nc(-c3ccccc3)cc2n1)=C\C(=C)C. The van der Waals surface area contributed by atoms with Crippen LogP contribution < -0.4 is 10.3 Å². The Kier molecular flexibility index (Phi) is 6.24. The largest absolute Gasteiger partial charge is 0.378 e. The molecule has 1 saturated heterocycles. The number of allylic oxidation sites excluding steroid dienone is 4. The van der Waals surface area contributed by atoms with Crippen molar-refractivity contribution in [2.45, 2.75) is 6.92 Å². The lowest BCUT2D eigenvalue weighted by atomic mass is 10.2. The molecule has 158 valence electrons. The number of aromatic nitrogens is 3. The predicted octanol–water partition coefficient (Wildman–Crippen LogP) is 4.32. The summed E-state index contributed by atoms with van der Waals surface area (Å²) in [7, 11) is 0. The van der Waals surface area contributed by atoms with Crippen molar-refractivity contribution in [1.29, 1.82) is 0 Å². The maximum atomic E-state index is 5.52. The number of nitrogens with one attached hydrogen (secondary N) is 1. The fourth-order valence-electron chi connectivity index (χ4n) is 3.39. The summed E-state index contributed by atoms with van der Waals surface area (Å²) in [5.74, 6) is 1.60. The molecule has 3 aromatic rings. The summed E-state index contributed by atoms with van der Waals surface area (Å²) in [6, 6.07) is 14.1. The van der Waals surface area contributed by atoms with E-state index < -0.39 is 0 Å². The van der Waals surface area contributed by atoms with E-state index in [0.29, 0.717) is 19.0 Å². The molecule has 2 aromatic heterocycles. The van der Waals surface area contributed by atoms with Crippen LogP contribution in [-0.2, 0) is 4.74 Å². The van der Waals surface area contributed by atoms with Crippen LogP contribution in [0, 0.1) is 0 Å². The molecule has 1 fully saturated rings. The molecule has 0 amide bonds. The highest BCUT2D eigenvalue weighted by Gasteiger charge is 2.18. The normalized spacial score (nSPS) is 14.9. The Labute approximate surface area is 182 Å². The van der Waals surface area contributed by atoms with Crippen LogP contribution in [0.1, 0.15) is 6.92 Å². The van der Waals surface area contributed by atoms with Gasteiger partial charge < -0.3 is 9.64 Å². The zero-order valence-corrected chi connectivity index (χ0v) is 17.7. The van der Waals surface area contributed by atoms with Crippen LogP contribution in [0.4, 0.5) is 11.6 Å². The number of nitrogens with zero attached hydrogens (tertiary/aromatic N) is 5. The smallest absolute Gasteiger partial charge is 0.160 e. The topological polar surface area (TPSA) is 67.0 Å². The van der Waals surface area contributed by atoms with Crippen molar-refractivity contribution in [2.75, 3.05) is 36.6 Å². The minimum Gasteiger partial charge on any atom is -0.378 e. The van der Waals surface area contributed by atoms with Gasteiger partial charge in [0, 0.05) is 30.8 Å². The van der Waals surface area contributed by atoms with Crippen molar-refractivity contribution in [3.63, 3.8) is 0 Å². The second-order valence-electron chi connectivity index (χ2n) is 7.33. The summed E-state index contributed by atoms with van der Waals surface area (Å²) >= 11 is 0. The molecular weight excluding hydrogens is 388 g/mol. The van der Waals surface area contributed by atoms with Crippen LogP contribution in [-0.4, -0.2) is 47.1 Å². The highest BCUT2D eigenvalue weighted by Crippen LogP contribution is 2.25. The fourth-order valence-corrected chi connectivity index (χ4v) is 3.39. The number of benzene rings is 1. The minimum atomic E-state index is 0.642. The number of hydrazone groups is 1. The van der Waals surface area contributed by atoms with E-state index in [9.17, 15) is 0 Å². The monoisotopic (exact) mass is 414 g/mol. The van der Waals surface area contributed by atoms with E-state index >= 15 is 0 Å². The molecule has 31 heavy (non-hydrogen) atoms. The highest BCUT2D eigenvalue weighted by atomic mass is 16.5. The molecule has 3 heterocycles. The first kappa shape index (κ1) is 20.6. The molecule has 0 unspecified atom stereocenters. The number of morpholine rings is 1. The van der Waals surface area contributed by atoms with Crippen molar-refractivity contribution >= 4 is 23.5 Å². The molecule has 0 bridgehead atoms. The molecule has 4 rings (SSSR count). The summed E-state index contributed by atoms with van der Waals surface area (Å²) < 4.78 is 7.41. The zero-order chi connectivity index (χ0) is 21.6. The maximum Gasteiger partial charge on any atom is 0.160 e. The van der Waals surface area contributed by atoms with Crippen LogP contribution >= 0.6 is 0 Å². The van der Waals surface area contributed by atoms with Gasteiger partial charge in [-0.05, 0) is 12.5 Å². The average molecular weight is 415 g/mol. The van der Waals surface area contributed by atoms with Crippen LogP contribution in [0.3, 0.4) is 0 Å². The lowest BCUT2D eigenvalue weighted by Gasteiger charge is -2.29. The van der Waals surface area contributed by atoms with Gasteiger partial charge in [-0.1, -0.05) is 61.2 Å². The molecule has 1 N–H and O–H groups in total. The second-order valence-corrected chi connectivity index (χ2v) is 7.33. The third-order valence-electron chi connectivity index (χ3n) is 4.85. The average Bonchev–Trinajstić information content (AvgIpc) is 3.23. The first-order chi connectivity index (χ1) is 15.1. The molecule has 7 nitrogen and oxygen atoms in total. The zero-order valence-electron chi connectivity index (χ0n) is 17.7. The quantitative estimate of drug-likeness (QED) is 0.354. The highest BCUT2D eigenvalue weighted by molar-refractivity contribution is 5.83. The van der Waals surface area contributed by atoms with Gasteiger partial charge in [-0.15, -0.1) is 0 Å². The van der Waals surface area contributed by atoms with E-state index in [-0.39, 0.29) is 0 Å². The number of rotatable bonds is 7. The number of fused-ring (bicyclic) bond motifs is 1. The standard InChI is InChI=1S/C24H26N6O/c1-4-19(14-18(2)3)17-25-27-22-16-24(29-10-12-31-13-11-29)30-23(26-22)15-21(28-30)20-8-6-5-7-9-20/h4-9,14-17H,1-2,10-13H2,3H3,(H,26,27)/b19-14+,25-17+. The van der Waals surface area contributed by atoms with E-state index in [0.717, 1.165) is 47.0 Å². The lowest BCUT2D eigenvalue weighted by Crippen LogP contribution is -2.37. The van der Waals surface area contributed by atoms with Crippen LogP contribution in [0.2, 0.25) is 0 Å². The van der Waals surface area contributed by atoms with Gasteiger partial charge in [0.25, 0.3) is 0 Å². The Hall–Kier alpha value is -3.71. The third-order valence-corrected chi connectivity index (χ3v) is 4.85. The van der Waals surface area contributed by atoms with Gasteiger partial charge in [0.1, 0.15) is 5.82 Å². The summed E-state index contributed by atoms with van der Waals surface area (Å²) in [5, 5.41) is 9.16. The van der Waals surface area contributed by atoms with Crippen LogP contribution in [0.5, 0.6) is 0 Å². The first-order valence-electron chi connectivity index (χ1n) is 10.2. The van der Waals surface area contributed by atoms with Gasteiger partial charge in [0.05, 0.1) is 25.1 Å². The van der Waals surface area contributed by atoms with E-state index in [4.69, 9.17) is 14.8 Å². The number of anilines is 2. The summed E-state index contributed by atoms with van der Waals surface area (Å²) in [5.41, 5.74) is 7.52. The van der Waals surface area contributed by atoms with Gasteiger partial charge in [0.15, 0.2) is 11.5 Å². The van der Waals surface area contributed by atoms with E-state index in [1.807, 2.05) is 60.0 Å². The van der Waals surface area contributed by atoms with Crippen molar-refractivity contribution in [2.24, 2.45) is 5.10 Å². The Morgan fingerprint density at radius 3 is 2.68 bits per heavy atom. The number of hydrogen-bond acceptors (Lipinski definition) is 6. The van der Waals surface area contributed by atoms with Crippen molar-refractivity contribution in [3.8, 4) is 11.3 Å². The summed E-state index contributed by atoms with van der Waals surface area (Å²) in [4.78, 5) is 6.97. The molecule has 0 saturated carbocycles. The summed E-state index contributed by atoms with van der Waals surface area (Å²) in [6.07, 6.45) is 5.35. The van der Waals surface area contributed by atoms with E-state index in [2.05, 4.69) is 28.6 Å². The van der Waals surface area contributed by atoms with Gasteiger partial charge in [-0.3, -0.25) is 5.43 Å². The second kappa shape index (κ2) is 9.40. The third kappa shape index (κ3) is 4.90. The Morgan fingerprint density at radius 1 is 1.19 bits per heavy atom. The van der Waals surface area contributed by atoms with Crippen molar-refractivity contribution < 1.29 is 4.74 Å². The van der Waals surface area contributed by atoms with Crippen LogP contribution in [0.25, 0.3) is 16.9 Å². The lowest BCUT2D eigenvalue weighted by molar-refractivity contribution is 0.122. The van der Waals surface area contributed by atoms with Gasteiger partial charge >= 0.3 is 0 Å². The van der Waals surface area contributed by atoms with Crippen molar-refractivity contribution in [1.82, 2.24) is 14.6 Å². The number of ether oxygens (including phenoxy) is 1. The molecule has 1 aromatic carbocycles. The molecule has 7 heteroatoms. The Morgan fingerprint density at radius 2 is 1.97 bits per heavy atom. The summed E-state index contributed by atoms with van der Waals surface area (Å²) in [6.45, 7) is 12.6. The fraction of sp³-hybridized carbons (Fsp3) is 0.208. The Balaban J connectivity index is 1.70. The molecule has 0 atom stereocenters. The van der Waals surface area contributed by atoms with Crippen molar-refractivity contribution in [3.05, 3.63) is 78.9 Å².